The number of nitrogens with two attached hydrogens (primary N) is 1. The summed E-state index contributed by atoms with van der Waals surface area (Å²) in [6.07, 6.45) is 2.44. The Bertz CT molecular complexity index is 497. The van der Waals surface area contributed by atoms with E-state index in [1.165, 1.54) is 12.8 Å². The second-order valence-electron chi connectivity index (χ2n) is 5.26. The van der Waals surface area contributed by atoms with Gasteiger partial charge in [0, 0.05) is 18.7 Å². The number of benzene rings is 1. The van der Waals surface area contributed by atoms with Gasteiger partial charge in [0.25, 0.3) is 5.91 Å². The number of rotatable bonds is 6. The van der Waals surface area contributed by atoms with Crippen molar-refractivity contribution in [2.45, 2.75) is 25.8 Å². The van der Waals surface area contributed by atoms with Crippen LogP contribution in [0.15, 0.2) is 24.3 Å². The lowest BCUT2D eigenvalue weighted by Crippen LogP contribution is -2.39. The lowest BCUT2D eigenvalue weighted by molar-refractivity contribution is -0.134. The topological polar surface area (TPSA) is 55.6 Å². The van der Waals surface area contributed by atoms with Crippen LogP contribution in [0.4, 0.5) is 0 Å². The van der Waals surface area contributed by atoms with E-state index in [1.807, 2.05) is 7.05 Å². The fourth-order valence-corrected chi connectivity index (χ4v) is 2.22. The van der Waals surface area contributed by atoms with Gasteiger partial charge in [0.2, 0.25) is 0 Å². The van der Waals surface area contributed by atoms with Crippen LogP contribution in [0.5, 0.6) is 5.75 Å². The van der Waals surface area contributed by atoms with Gasteiger partial charge in [0.1, 0.15) is 10.7 Å². The molecule has 108 valence electrons. The monoisotopic (exact) mass is 292 g/mol. The lowest BCUT2D eigenvalue weighted by atomic mass is 10.2. The van der Waals surface area contributed by atoms with Gasteiger partial charge < -0.3 is 15.4 Å². The largest absolute Gasteiger partial charge is 0.484 e. The van der Waals surface area contributed by atoms with Crippen molar-refractivity contribution in [2.24, 2.45) is 11.7 Å². The highest BCUT2D eigenvalue weighted by Gasteiger charge is 2.32. The van der Waals surface area contributed by atoms with Crippen molar-refractivity contribution in [3.05, 3.63) is 29.8 Å². The molecule has 1 amide bonds. The molecule has 1 atom stereocenters. The normalized spacial score (nSPS) is 15.5. The number of carbonyl (C=O) groups excluding carboxylic acids is 1. The van der Waals surface area contributed by atoms with Gasteiger partial charge in [-0.15, -0.1) is 0 Å². The molecular weight excluding hydrogens is 272 g/mol. The van der Waals surface area contributed by atoms with Crippen LogP contribution in [-0.2, 0) is 4.79 Å². The van der Waals surface area contributed by atoms with E-state index in [2.05, 4.69) is 6.92 Å². The summed E-state index contributed by atoms with van der Waals surface area (Å²) in [7, 11) is 1.84. The quantitative estimate of drug-likeness (QED) is 0.814. The Morgan fingerprint density at radius 3 is 2.55 bits per heavy atom. The minimum atomic E-state index is 0.00261. The number of carbonyl (C=O) groups is 1. The van der Waals surface area contributed by atoms with E-state index in [-0.39, 0.29) is 12.5 Å². The van der Waals surface area contributed by atoms with E-state index < -0.39 is 0 Å². The molecule has 2 N–H and O–H groups in total. The van der Waals surface area contributed by atoms with Crippen LogP contribution in [0.1, 0.15) is 25.3 Å². The van der Waals surface area contributed by atoms with E-state index in [9.17, 15) is 4.79 Å². The second kappa shape index (κ2) is 6.22. The number of amides is 1. The lowest BCUT2D eigenvalue weighted by Gasteiger charge is -2.24. The molecule has 1 unspecified atom stereocenters. The van der Waals surface area contributed by atoms with Gasteiger partial charge in [0.05, 0.1) is 0 Å². The highest BCUT2D eigenvalue weighted by Crippen LogP contribution is 2.34. The van der Waals surface area contributed by atoms with Gasteiger partial charge >= 0.3 is 0 Å². The van der Waals surface area contributed by atoms with Crippen LogP contribution < -0.4 is 10.5 Å². The summed E-state index contributed by atoms with van der Waals surface area (Å²) in [5.74, 6) is 1.31. The third-order valence-electron chi connectivity index (χ3n) is 3.81. The third-order valence-corrected chi connectivity index (χ3v) is 4.05. The van der Waals surface area contributed by atoms with Crippen LogP contribution in [0, 0.1) is 5.92 Å². The van der Waals surface area contributed by atoms with Crippen LogP contribution in [0.2, 0.25) is 0 Å². The number of hydrogen-bond donors (Lipinski definition) is 1. The van der Waals surface area contributed by atoms with E-state index in [1.54, 1.807) is 29.2 Å². The van der Waals surface area contributed by atoms with Gasteiger partial charge in [-0.1, -0.05) is 12.2 Å². The molecule has 5 heteroatoms. The van der Waals surface area contributed by atoms with Gasteiger partial charge in [-0.2, -0.15) is 0 Å². The molecule has 1 aliphatic carbocycles. The molecule has 1 saturated carbocycles. The number of nitrogens with zero attached hydrogens (tertiary/aromatic N) is 1. The first-order valence-corrected chi connectivity index (χ1v) is 7.18. The molecule has 0 radical (unpaired) electrons. The molecule has 20 heavy (non-hydrogen) atoms. The summed E-state index contributed by atoms with van der Waals surface area (Å²) >= 11 is 4.88. The maximum Gasteiger partial charge on any atom is 0.260 e. The van der Waals surface area contributed by atoms with Gasteiger partial charge in [-0.25, -0.2) is 0 Å². The van der Waals surface area contributed by atoms with Crippen LogP contribution in [0.25, 0.3) is 0 Å². The molecule has 1 aliphatic rings. The molecule has 0 heterocycles. The first-order chi connectivity index (χ1) is 9.49. The SMILES string of the molecule is CC(C1CC1)N(C)C(=O)COc1ccc(C(N)=S)cc1. The standard InChI is InChI=1S/C15H20N2O2S/c1-10(11-3-4-11)17(2)14(18)9-19-13-7-5-12(6-8-13)15(16)20/h5-8,10-11H,3-4,9H2,1-2H3,(H2,16,20). The van der Waals surface area contributed by atoms with Crippen LogP contribution in [0.3, 0.4) is 0 Å². The van der Waals surface area contributed by atoms with Crippen molar-refractivity contribution >= 4 is 23.1 Å². The molecule has 0 aliphatic heterocycles. The van der Waals surface area contributed by atoms with Gasteiger partial charge in [-0.05, 0) is 49.9 Å². The van der Waals surface area contributed by atoms with E-state index >= 15 is 0 Å². The van der Waals surface area contributed by atoms with Crippen molar-refractivity contribution in [2.75, 3.05) is 13.7 Å². The smallest absolute Gasteiger partial charge is 0.260 e. The fraction of sp³-hybridized carbons (Fsp3) is 0.467. The average Bonchev–Trinajstić information content (AvgIpc) is 3.28. The van der Waals surface area contributed by atoms with Crippen molar-refractivity contribution in [3.8, 4) is 5.75 Å². The molecule has 0 aromatic heterocycles. The maximum absolute atomic E-state index is 12.0. The van der Waals surface area contributed by atoms with Crippen LogP contribution in [-0.4, -0.2) is 35.5 Å². The van der Waals surface area contributed by atoms with Crippen molar-refractivity contribution in [1.29, 1.82) is 0 Å². The molecule has 1 fully saturated rings. The first kappa shape index (κ1) is 14.8. The zero-order valence-corrected chi connectivity index (χ0v) is 12.7. The number of likely N-dealkylation sites (N-methyl/N-ethyl adjacent to an activating group) is 1. The summed E-state index contributed by atoms with van der Waals surface area (Å²) in [5.41, 5.74) is 6.31. The Balaban J connectivity index is 1.84. The Morgan fingerprint density at radius 1 is 1.45 bits per heavy atom. The average molecular weight is 292 g/mol. The molecule has 4 nitrogen and oxygen atoms in total. The molecule has 0 spiro atoms. The summed E-state index contributed by atoms with van der Waals surface area (Å²) in [6, 6.07) is 7.42. The summed E-state index contributed by atoms with van der Waals surface area (Å²) in [4.78, 5) is 14.2. The number of hydrogen-bond acceptors (Lipinski definition) is 3. The van der Waals surface area contributed by atoms with Crippen molar-refractivity contribution in [1.82, 2.24) is 4.90 Å². The Hall–Kier alpha value is -1.62. The van der Waals surface area contributed by atoms with E-state index in [0.717, 1.165) is 5.56 Å². The highest BCUT2D eigenvalue weighted by atomic mass is 32.1. The Kier molecular flexibility index (Phi) is 4.60. The van der Waals surface area contributed by atoms with Crippen molar-refractivity contribution in [3.63, 3.8) is 0 Å². The first-order valence-electron chi connectivity index (χ1n) is 6.77. The van der Waals surface area contributed by atoms with Gasteiger partial charge in [-0.3, -0.25) is 4.79 Å². The molecule has 2 rings (SSSR count). The minimum absolute atomic E-state index is 0.00261. The van der Waals surface area contributed by atoms with E-state index in [4.69, 9.17) is 22.7 Å². The van der Waals surface area contributed by atoms with E-state index in [0.29, 0.717) is 22.7 Å². The third kappa shape index (κ3) is 3.70. The zero-order valence-electron chi connectivity index (χ0n) is 11.8. The summed E-state index contributed by atoms with van der Waals surface area (Å²) in [6.45, 7) is 2.15. The molecule has 0 saturated heterocycles. The van der Waals surface area contributed by atoms with Crippen LogP contribution >= 0.6 is 12.2 Å². The maximum atomic E-state index is 12.0. The molecular formula is C15H20N2O2S. The fourth-order valence-electron chi connectivity index (χ4n) is 2.08. The van der Waals surface area contributed by atoms with Gasteiger partial charge in [0.15, 0.2) is 6.61 Å². The number of ether oxygens (including phenoxy) is 1. The Labute approximate surface area is 124 Å². The highest BCUT2D eigenvalue weighted by molar-refractivity contribution is 7.80. The zero-order chi connectivity index (χ0) is 14.7. The molecule has 1 aromatic rings. The number of thiocarbonyl (C=S) groups is 1. The minimum Gasteiger partial charge on any atom is -0.484 e. The Morgan fingerprint density at radius 2 is 2.05 bits per heavy atom. The summed E-state index contributed by atoms with van der Waals surface area (Å²) < 4.78 is 5.50. The predicted octanol–water partition coefficient (Wildman–Crippen LogP) is 1.96. The van der Waals surface area contributed by atoms with Crippen molar-refractivity contribution < 1.29 is 9.53 Å². The molecule has 1 aromatic carbocycles. The summed E-state index contributed by atoms with van der Waals surface area (Å²) in [5, 5.41) is 0. The molecule has 0 bridgehead atoms. The predicted molar refractivity (Wildman–Crippen MR) is 82.8 cm³/mol. The second-order valence-corrected chi connectivity index (χ2v) is 5.70.